The molecule has 1 saturated carbocycles. The maximum Gasteiger partial charge on any atom is 0.0462 e. The highest BCUT2D eigenvalue weighted by molar-refractivity contribution is 5.98. The highest BCUT2D eigenvalue weighted by Crippen LogP contribution is 2.40. The number of fused-ring (bicyclic) bond motifs is 2. The molecule has 0 N–H and O–H groups in total. The first-order valence-electron chi connectivity index (χ1n) is 20.5. The van der Waals surface area contributed by atoms with Gasteiger partial charge in [0.1, 0.15) is 0 Å². The van der Waals surface area contributed by atoms with Crippen LogP contribution in [0.5, 0.6) is 0 Å². The summed E-state index contributed by atoms with van der Waals surface area (Å²) in [6.07, 6.45) is 6.70. The van der Waals surface area contributed by atoms with Crippen molar-refractivity contribution >= 4 is 38.6 Å². The van der Waals surface area contributed by atoms with E-state index in [0.717, 1.165) is 17.1 Å². The predicted octanol–water partition coefficient (Wildman–Crippen LogP) is 16.2. The van der Waals surface area contributed by atoms with E-state index >= 15 is 0 Å². The highest BCUT2D eigenvalue weighted by Gasteiger charge is 2.17. The van der Waals surface area contributed by atoms with Crippen molar-refractivity contribution in [3.05, 3.63) is 212 Å². The first-order chi connectivity index (χ1) is 28.2. The van der Waals surface area contributed by atoms with Gasteiger partial charge in [-0.15, -0.1) is 0 Å². The second-order valence-electron chi connectivity index (χ2n) is 15.6. The predicted molar refractivity (Wildman–Crippen MR) is 244 cm³/mol. The third-order valence-electron chi connectivity index (χ3n) is 12.1. The van der Waals surface area contributed by atoms with Crippen LogP contribution in [0.15, 0.2) is 206 Å². The van der Waals surface area contributed by atoms with E-state index in [4.69, 9.17) is 0 Å². The van der Waals surface area contributed by atoms with Crippen molar-refractivity contribution < 1.29 is 0 Å². The average Bonchev–Trinajstić information content (AvgIpc) is 3.30. The molecule has 10 rings (SSSR count). The Balaban J connectivity index is 0.979. The topological polar surface area (TPSA) is 3.24 Å². The number of anilines is 3. The highest BCUT2D eigenvalue weighted by atomic mass is 15.1. The van der Waals surface area contributed by atoms with Crippen molar-refractivity contribution in [3.8, 4) is 44.5 Å². The summed E-state index contributed by atoms with van der Waals surface area (Å²) in [5.41, 5.74) is 14.8. The molecule has 274 valence electrons. The molecule has 0 aromatic heterocycles. The Hall–Kier alpha value is -6.70. The van der Waals surface area contributed by atoms with E-state index in [0.29, 0.717) is 5.92 Å². The van der Waals surface area contributed by atoms with Crippen molar-refractivity contribution in [2.75, 3.05) is 4.90 Å². The van der Waals surface area contributed by atoms with E-state index in [1.807, 2.05) is 0 Å². The molecule has 0 amide bonds. The van der Waals surface area contributed by atoms with Gasteiger partial charge in [-0.05, 0) is 127 Å². The molecule has 1 aliphatic rings. The number of benzene rings is 9. The van der Waals surface area contributed by atoms with Gasteiger partial charge in [0.15, 0.2) is 0 Å². The fraction of sp³-hybridized carbons (Fsp3) is 0.107. The minimum Gasteiger partial charge on any atom is -0.311 e. The minimum absolute atomic E-state index is 0.690. The van der Waals surface area contributed by atoms with Crippen LogP contribution in [0.4, 0.5) is 17.1 Å². The van der Waals surface area contributed by atoms with Gasteiger partial charge in [0, 0.05) is 17.1 Å². The first-order valence-corrected chi connectivity index (χ1v) is 20.5. The lowest BCUT2D eigenvalue weighted by atomic mass is 9.83. The largest absolute Gasteiger partial charge is 0.311 e. The Bertz CT molecular complexity index is 2780. The molecule has 9 aromatic carbocycles. The molecule has 0 unspecified atom stereocenters. The molecular weight excluding hydrogens is 687 g/mol. The summed E-state index contributed by atoms with van der Waals surface area (Å²) < 4.78 is 0. The number of nitrogens with zero attached hydrogens (tertiary/aromatic N) is 1. The molecule has 0 spiro atoms. The van der Waals surface area contributed by atoms with Gasteiger partial charge in [-0.25, -0.2) is 0 Å². The molecule has 0 saturated heterocycles. The lowest BCUT2D eigenvalue weighted by molar-refractivity contribution is 0.444. The zero-order valence-electron chi connectivity index (χ0n) is 32.2. The zero-order valence-corrected chi connectivity index (χ0v) is 32.2. The van der Waals surface area contributed by atoms with Crippen LogP contribution in [0, 0.1) is 0 Å². The Kier molecular flexibility index (Phi) is 9.42. The van der Waals surface area contributed by atoms with Gasteiger partial charge in [-0.1, -0.05) is 189 Å². The van der Waals surface area contributed by atoms with E-state index in [9.17, 15) is 0 Å². The van der Waals surface area contributed by atoms with Crippen LogP contribution in [0.2, 0.25) is 0 Å². The van der Waals surface area contributed by atoms with Gasteiger partial charge in [0.25, 0.3) is 0 Å². The third-order valence-corrected chi connectivity index (χ3v) is 12.1. The second kappa shape index (κ2) is 15.4. The molecular formula is C56H45N. The average molecular weight is 732 g/mol. The number of hydrogen-bond donors (Lipinski definition) is 0. The van der Waals surface area contributed by atoms with Crippen LogP contribution in [0.1, 0.15) is 43.6 Å². The van der Waals surface area contributed by atoms with Gasteiger partial charge < -0.3 is 4.90 Å². The van der Waals surface area contributed by atoms with Crippen molar-refractivity contribution in [2.24, 2.45) is 0 Å². The normalized spacial score (nSPS) is 13.2. The molecule has 1 nitrogen and oxygen atoms in total. The Labute approximate surface area is 336 Å². The van der Waals surface area contributed by atoms with Crippen molar-refractivity contribution in [1.29, 1.82) is 0 Å². The fourth-order valence-corrected chi connectivity index (χ4v) is 9.05. The summed E-state index contributed by atoms with van der Waals surface area (Å²) >= 11 is 0. The molecule has 0 atom stereocenters. The van der Waals surface area contributed by atoms with Crippen LogP contribution in [0.3, 0.4) is 0 Å². The quantitative estimate of drug-likeness (QED) is 0.150. The van der Waals surface area contributed by atoms with E-state index in [1.54, 1.807) is 0 Å². The first kappa shape index (κ1) is 34.8. The molecule has 1 heteroatoms. The molecule has 0 aliphatic heterocycles. The maximum atomic E-state index is 2.43. The summed E-state index contributed by atoms with van der Waals surface area (Å²) in [6, 6.07) is 75.9. The number of hydrogen-bond acceptors (Lipinski definition) is 1. The molecule has 1 aliphatic carbocycles. The minimum atomic E-state index is 0.690. The van der Waals surface area contributed by atoms with Crippen molar-refractivity contribution in [3.63, 3.8) is 0 Å². The maximum absolute atomic E-state index is 2.43. The Morgan fingerprint density at radius 2 is 0.719 bits per heavy atom. The van der Waals surface area contributed by atoms with Crippen molar-refractivity contribution in [1.82, 2.24) is 0 Å². The SMILES string of the molecule is c1cc(-c2ccc(N(c3ccc(-c4ccc(-c5cccc6ccccc56)cc4)cc3)c3ccc(-c4cccc5ccccc45)cc3)cc2)cc(C2CCCCC2)c1. The monoisotopic (exact) mass is 731 g/mol. The summed E-state index contributed by atoms with van der Waals surface area (Å²) in [5, 5.41) is 5.08. The Morgan fingerprint density at radius 3 is 1.25 bits per heavy atom. The summed E-state index contributed by atoms with van der Waals surface area (Å²) in [4.78, 5) is 2.38. The molecule has 9 aromatic rings. The van der Waals surface area contributed by atoms with E-state index in [-0.39, 0.29) is 0 Å². The lowest BCUT2D eigenvalue weighted by Gasteiger charge is -2.26. The molecule has 0 heterocycles. The summed E-state index contributed by atoms with van der Waals surface area (Å²) in [6.45, 7) is 0. The third kappa shape index (κ3) is 7.03. The molecule has 0 bridgehead atoms. The molecule has 0 radical (unpaired) electrons. The van der Waals surface area contributed by atoms with Gasteiger partial charge in [0.05, 0.1) is 0 Å². The van der Waals surface area contributed by atoms with E-state index in [2.05, 4.69) is 211 Å². The lowest BCUT2D eigenvalue weighted by Crippen LogP contribution is -2.09. The molecule has 1 fully saturated rings. The standard InChI is InChI=1S/C56H45N/c1-2-11-40(12-3-1)48-17-8-18-49(39-48)43-29-35-51(36-30-43)57(52-37-31-47(32-38-52)56-22-10-16-45-14-5-7-20-54(45)56)50-33-27-42(28-34-50)41-23-25-46(26-24-41)55-21-9-15-44-13-4-6-19-53(44)55/h4-10,13-40H,1-3,11-12H2. The van der Waals surface area contributed by atoms with Gasteiger partial charge >= 0.3 is 0 Å². The van der Waals surface area contributed by atoms with Crippen LogP contribution in [-0.4, -0.2) is 0 Å². The second-order valence-corrected chi connectivity index (χ2v) is 15.6. The van der Waals surface area contributed by atoms with Crippen molar-refractivity contribution in [2.45, 2.75) is 38.0 Å². The van der Waals surface area contributed by atoms with Gasteiger partial charge in [0.2, 0.25) is 0 Å². The van der Waals surface area contributed by atoms with Crippen LogP contribution >= 0.6 is 0 Å². The van der Waals surface area contributed by atoms with E-state index < -0.39 is 0 Å². The fourth-order valence-electron chi connectivity index (χ4n) is 9.05. The summed E-state index contributed by atoms with van der Waals surface area (Å²) in [5.74, 6) is 0.690. The van der Waals surface area contributed by atoms with Crippen LogP contribution in [0.25, 0.3) is 66.1 Å². The molecule has 57 heavy (non-hydrogen) atoms. The summed E-state index contributed by atoms with van der Waals surface area (Å²) in [7, 11) is 0. The smallest absolute Gasteiger partial charge is 0.0462 e. The van der Waals surface area contributed by atoms with Gasteiger partial charge in [-0.3, -0.25) is 0 Å². The van der Waals surface area contributed by atoms with Crippen LogP contribution < -0.4 is 4.90 Å². The van der Waals surface area contributed by atoms with Crippen LogP contribution in [-0.2, 0) is 0 Å². The van der Waals surface area contributed by atoms with Gasteiger partial charge in [-0.2, -0.15) is 0 Å². The number of rotatable bonds is 8. The Morgan fingerprint density at radius 1 is 0.316 bits per heavy atom. The zero-order chi connectivity index (χ0) is 38.0. The van der Waals surface area contributed by atoms with E-state index in [1.165, 1.54) is 104 Å².